The molecule has 2 amide bonds. The number of aromatic hydroxyl groups is 1. The maximum absolute atomic E-state index is 13.1. The van der Waals surface area contributed by atoms with Gasteiger partial charge in [0.15, 0.2) is 15.6 Å². The van der Waals surface area contributed by atoms with E-state index in [1.165, 1.54) is 12.1 Å². The van der Waals surface area contributed by atoms with Crippen LogP contribution in [0.2, 0.25) is 5.02 Å². The van der Waals surface area contributed by atoms with Crippen LogP contribution in [0.1, 0.15) is 0 Å². The molecule has 0 spiro atoms. The average Bonchev–Trinajstić information content (AvgIpc) is 2.64. The summed E-state index contributed by atoms with van der Waals surface area (Å²) in [6.07, 6.45) is 0. The minimum atomic E-state index is -4.35. The highest BCUT2D eigenvalue weighted by Crippen LogP contribution is 2.43. The second-order valence-corrected chi connectivity index (χ2v) is 11.9. The molecule has 1 saturated heterocycles. The Hall–Kier alpha value is -1.86. The Morgan fingerprint density at radius 3 is 2.30 bits per heavy atom. The summed E-state index contributed by atoms with van der Waals surface area (Å²) in [5.74, 6) is -1.45. The van der Waals surface area contributed by atoms with Gasteiger partial charge < -0.3 is 10.8 Å². The summed E-state index contributed by atoms with van der Waals surface area (Å²) in [5, 5.41) is 10.6. The number of sulfonamides is 1. The van der Waals surface area contributed by atoms with E-state index in [1.807, 2.05) is 0 Å². The standard InChI is InChI=1S/C17H17BrClN3O6S2/c18-11-3-1-2-4-13(11)22(17(20)24)14-6-5-12(19)16(15(14)23)30(27,28)21-7-9-29(25,26)10-8-21/h1-6,23H,7-10H2,(H2,20,24). The fourth-order valence-corrected chi connectivity index (χ4v) is 6.95. The molecule has 2 aromatic carbocycles. The first-order chi connectivity index (χ1) is 14.0. The molecule has 0 unspecified atom stereocenters. The Morgan fingerprint density at radius 1 is 1.13 bits per heavy atom. The third kappa shape index (κ3) is 4.28. The summed E-state index contributed by atoms with van der Waals surface area (Å²) in [5.41, 5.74) is 5.58. The number of nitrogens with two attached hydrogens (primary N) is 1. The number of hydrogen-bond acceptors (Lipinski definition) is 6. The highest BCUT2D eigenvalue weighted by Gasteiger charge is 2.36. The number of rotatable bonds is 4. The molecule has 3 rings (SSSR count). The van der Waals surface area contributed by atoms with Gasteiger partial charge in [-0.1, -0.05) is 23.7 Å². The van der Waals surface area contributed by atoms with Crippen molar-refractivity contribution in [1.82, 2.24) is 4.31 Å². The Morgan fingerprint density at radius 2 is 1.73 bits per heavy atom. The molecule has 162 valence electrons. The van der Waals surface area contributed by atoms with Crippen molar-refractivity contribution >= 4 is 64.8 Å². The predicted molar refractivity (Wildman–Crippen MR) is 116 cm³/mol. The maximum atomic E-state index is 13.1. The zero-order valence-electron chi connectivity index (χ0n) is 15.3. The minimum absolute atomic E-state index is 0.193. The first-order valence-electron chi connectivity index (χ1n) is 8.52. The number of para-hydroxylation sites is 1. The molecule has 1 aliphatic rings. The van der Waals surface area contributed by atoms with Gasteiger partial charge in [0.05, 0.1) is 27.9 Å². The van der Waals surface area contributed by atoms with Gasteiger partial charge in [-0.05, 0) is 40.2 Å². The summed E-state index contributed by atoms with van der Waals surface area (Å²) < 4.78 is 51.0. The molecule has 9 nitrogen and oxygen atoms in total. The number of phenols is 1. The Balaban J connectivity index is 2.14. The van der Waals surface area contributed by atoms with Gasteiger partial charge >= 0.3 is 6.03 Å². The third-order valence-electron chi connectivity index (χ3n) is 4.52. The number of amides is 2. The summed E-state index contributed by atoms with van der Waals surface area (Å²) in [4.78, 5) is 12.5. The largest absolute Gasteiger partial charge is 0.504 e. The van der Waals surface area contributed by atoms with Crippen molar-refractivity contribution < 1.29 is 26.7 Å². The van der Waals surface area contributed by atoms with E-state index in [0.717, 1.165) is 9.21 Å². The van der Waals surface area contributed by atoms with Crippen LogP contribution in [0.5, 0.6) is 5.75 Å². The van der Waals surface area contributed by atoms with Gasteiger partial charge in [0.1, 0.15) is 4.90 Å². The van der Waals surface area contributed by atoms with Gasteiger partial charge in [0, 0.05) is 17.6 Å². The first kappa shape index (κ1) is 22.8. The number of sulfone groups is 1. The van der Waals surface area contributed by atoms with E-state index in [2.05, 4.69) is 15.9 Å². The molecule has 0 aliphatic carbocycles. The summed E-state index contributed by atoms with van der Waals surface area (Å²) in [7, 11) is -7.68. The quantitative estimate of drug-likeness (QED) is 0.613. The van der Waals surface area contributed by atoms with Crippen molar-refractivity contribution in [1.29, 1.82) is 0 Å². The fraction of sp³-hybridized carbons (Fsp3) is 0.235. The van der Waals surface area contributed by atoms with Gasteiger partial charge in [-0.2, -0.15) is 4.31 Å². The number of carbonyl (C=O) groups excluding carboxylic acids is 1. The lowest BCUT2D eigenvalue weighted by Crippen LogP contribution is -2.43. The van der Waals surface area contributed by atoms with Gasteiger partial charge in [0.2, 0.25) is 10.0 Å². The van der Waals surface area contributed by atoms with Crippen LogP contribution in [0.25, 0.3) is 0 Å². The number of primary amides is 1. The van der Waals surface area contributed by atoms with E-state index in [4.69, 9.17) is 17.3 Å². The second kappa shape index (κ2) is 8.35. The van der Waals surface area contributed by atoms with Crippen LogP contribution >= 0.6 is 27.5 Å². The van der Waals surface area contributed by atoms with Crippen molar-refractivity contribution in [2.75, 3.05) is 29.5 Å². The zero-order valence-corrected chi connectivity index (χ0v) is 19.3. The molecule has 0 atom stereocenters. The van der Waals surface area contributed by atoms with Crippen LogP contribution in [0.3, 0.4) is 0 Å². The van der Waals surface area contributed by atoms with Crippen LogP contribution in [0.15, 0.2) is 45.8 Å². The van der Waals surface area contributed by atoms with E-state index in [0.29, 0.717) is 4.47 Å². The van der Waals surface area contributed by atoms with Crippen LogP contribution in [0, 0.1) is 0 Å². The number of benzene rings is 2. The molecule has 0 radical (unpaired) electrons. The van der Waals surface area contributed by atoms with Crippen molar-refractivity contribution in [3.63, 3.8) is 0 Å². The van der Waals surface area contributed by atoms with Gasteiger partial charge in [-0.3, -0.25) is 4.90 Å². The molecule has 0 bridgehead atoms. The lowest BCUT2D eigenvalue weighted by Gasteiger charge is -2.28. The number of anilines is 2. The maximum Gasteiger partial charge on any atom is 0.324 e. The molecule has 2 aromatic rings. The highest BCUT2D eigenvalue weighted by molar-refractivity contribution is 9.10. The smallest absolute Gasteiger partial charge is 0.324 e. The molecule has 30 heavy (non-hydrogen) atoms. The Labute approximate surface area is 187 Å². The summed E-state index contributed by atoms with van der Waals surface area (Å²) in [6, 6.07) is 8.05. The van der Waals surface area contributed by atoms with Crippen molar-refractivity contribution in [3.05, 3.63) is 45.9 Å². The number of urea groups is 1. The van der Waals surface area contributed by atoms with E-state index in [1.54, 1.807) is 24.3 Å². The predicted octanol–water partition coefficient (Wildman–Crippen LogP) is 2.44. The normalized spacial score (nSPS) is 16.9. The number of hydrogen-bond donors (Lipinski definition) is 2. The molecule has 1 fully saturated rings. The molecule has 13 heteroatoms. The van der Waals surface area contributed by atoms with E-state index >= 15 is 0 Å². The lowest BCUT2D eigenvalue weighted by atomic mass is 10.2. The first-order valence-corrected chi connectivity index (χ1v) is 12.9. The summed E-state index contributed by atoms with van der Waals surface area (Å²) >= 11 is 9.39. The summed E-state index contributed by atoms with van der Waals surface area (Å²) in [6.45, 7) is -0.539. The average molecular weight is 539 g/mol. The van der Waals surface area contributed by atoms with Crippen molar-refractivity contribution in [3.8, 4) is 5.75 Å². The molecule has 0 aromatic heterocycles. The molecule has 3 N–H and O–H groups in total. The van der Waals surface area contributed by atoms with Crippen LogP contribution in [-0.2, 0) is 19.9 Å². The molecule has 1 aliphatic heterocycles. The minimum Gasteiger partial charge on any atom is -0.504 e. The van der Waals surface area contributed by atoms with Gasteiger partial charge in [-0.15, -0.1) is 0 Å². The van der Waals surface area contributed by atoms with Gasteiger partial charge in [-0.25, -0.2) is 21.6 Å². The van der Waals surface area contributed by atoms with Gasteiger partial charge in [0.25, 0.3) is 0 Å². The second-order valence-electron chi connectivity index (χ2n) is 6.43. The number of nitrogens with zero attached hydrogens (tertiary/aromatic N) is 2. The third-order valence-corrected chi connectivity index (χ3v) is 9.20. The lowest BCUT2D eigenvalue weighted by molar-refractivity contribution is 0.256. The Bertz CT molecular complexity index is 1210. The van der Waals surface area contributed by atoms with E-state index in [9.17, 15) is 26.7 Å². The number of halogens is 2. The Kier molecular flexibility index (Phi) is 6.35. The van der Waals surface area contributed by atoms with E-state index in [-0.39, 0.29) is 41.0 Å². The van der Waals surface area contributed by atoms with Crippen molar-refractivity contribution in [2.24, 2.45) is 5.73 Å². The van der Waals surface area contributed by atoms with Crippen LogP contribution in [0.4, 0.5) is 16.2 Å². The topological polar surface area (TPSA) is 138 Å². The number of phenolic OH excluding ortho intramolecular Hbond substituents is 1. The highest BCUT2D eigenvalue weighted by atomic mass is 79.9. The molecule has 1 heterocycles. The fourth-order valence-electron chi connectivity index (χ4n) is 3.03. The molecular formula is C17H17BrClN3O6S2. The van der Waals surface area contributed by atoms with Crippen LogP contribution in [-0.4, -0.2) is 56.9 Å². The van der Waals surface area contributed by atoms with E-state index < -0.39 is 36.5 Å². The zero-order chi connectivity index (χ0) is 22.3. The number of carbonyl (C=O) groups is 1. The SMILES string of the molecule is NC(=O)N(c1ccccc1Br)c1ccc(Cl)c(S(=O)(=O)N2CCS(=O)(=O)CC2)c1O. The molecule has 0 saturated carbocycles. The molecular weight excluding hydrogens is 522 g/mol. The monoisotopic (exact) mass is 537 g/mol. The van der Waals surface area contributed by atoms with Crippen LogP contribution < -0.4 is 10.6 Å². The van der Waals surface area contributed by atoms with Crippen molar-refractivity contribution in [2.45, 2.75) is 4.90 Å².